The van der Waals surface area contributed by atoms with E-state index < -0.39 is 46.2 Å². The maximum Gasteiger partial charge on any atom is 0.427 e. The molecular formula is C27H28F3N7O3S. The number of carbonyl (C=O) groups is 1. The number of carbonyl (C=O) groups excluding carboxylic acids is 1. The Balaban J connectivity index is 1.47. The first-order chi connectivity index (χ1) is 20.3. The van der Waals surface area contributed by atoms with Crippen molar-refractivity contribution < 1.29 is 27.2 Å². The number of nitrogens with one attached hydrogen (secondary N) is 1. The van der Waals surface area contributed by atoms with E-state index in [1.54, 1.807) is 0 Å². The Kier molecular flexibility index (Phi) is 5.16. The summed E-state index contributed by atoms with van der Waals surface area (Å²) in [6.07, 6.45) is -0.410. The summed E-state index contributed by atoms with van der Waals surface area (Å²) < 4.78 is 66.0. The normalized spacial score (nSPS) is 23.9. The molecule has 6 rings (SSSR count). The quantitative estimate of drug-likeness (QED) is 0.303. The van der Waals surface area contributed by atoms with Crippen molar-refractivity contribution >= 4 is 39.9 Å². The van der Waals surface area contributed by atoms with Gasteiger partial charge in [0.05, 0.1) is 40.0 Å². The molecule has 0 atom stereocenters. The molecule has 10 nitrogen and oxygen atoms in total. The number of alkyl halides is 3. The SMILES string of the molecule is [2H]C([2H])([2H])n1c(=O)n(C23CCC(C(N)=O)(CC2)C3)c2cc(Nc3cc(C(C)(C)O)cc(-c4ncc(C(F)(F)F)s4)n3)ncc21. The number of hydrogen-bond donors (Lipinski definition) is 3. The van der Waals surface area contributed by atoms with Crippen LogP contribution in [-0.2, 0) is 29.1 Å². The molecule has 0 saturated heterocycles. The number of aromatic nitrogens is 5. The van der Waals surface area contributed by atoms with Crippen LogP contribution in [0.15, 0.2) is 35.4 Å². The van der Waals surface area contributed by atoms with Crippen molar-refractivity contribution in [1.29, 1.82) is 0 Å². The van der Waals surface area contributed by atoms with Crippen LogP contribution in [0.25, 0.3) is 21.7 Å². The number of nitrogens with zero attached hydrogens (tertiary/aromatic N) is 5. The number of fused-ring (bicyclic) bond motifs is 3. The van der Waals surface area contributed by atoms with Crippen LogP contribution in [0.4, 0.5) is 24.8 Å². The summed E-state index contributed by atoms with van der Waals surface area (Å²) in [7, 11) is 0. The lowest BCUT2D eigenvalue weighted by Crippen LogP contribution is -2.38. The predicted octanol–water partition coefficient (Wildman–Crippen LogP) is 4.39. The monoisotopic (exact) mass is 590 g/mol. The van der Waals surface area contributed by atoms with Crippen LogP contribution >= 0.6 is 11.3 Å². The molecule has 2 bridgehead atoms. The third-order valence-corrected chi connectivity index (χ3v) is 9.39. The molecule has 216 valence electrons. The van der Waals surface area contributed by atoms with Crippen LogP contribution in [0, 0.1) is 5.41 Å². The van der Waals surface area contributed by atoms with Gasteiger partial charge in [0.25, 0.3) is 0 Å². The highest BCUT2D eigenvalue weighted by Gasteiger charge is 2.59. The molecule has 0 aromatic carbocycles. The van der Waals surface area contributed by atoms with Crippen molar-refractivity contribution in [3.63, 3.8) is 0 Å². The second kappa shape index (κ2) is 8.86. The van der Waals surface area contributed by atoms with E-state index >= 15 is 0 Å². The third kappa shape index (κ3) is 4.40. The highest BCUT2D eigenvalue weighted by Crippen LogP contribution is 2.60. The molecule has 2 aliphatic carbocycles. The number of pyridine rings is 2. The highest BCUT2D eigenvalue weighted by atomic mass is 32.1. The molecule has 14 heteroatoms. The first-order valence-corrected chi connectivity index (χ1v) is 13.6. The van der Waals surface area contributed by atoms with Gasteiger partial charge in [-0.3, -0.25) is 13.9 Å². The van der Waals surface area contributed by atoms with Crippen molar-refractivity contribution in [3.05, 3.63) is 51.5 Å². The van der Waals surface area contributed by atoms with E-state index in [1.165, 1.54) is 42.8 Å². The summed E-state index contributed by atoms with van der Waals surface area (Å²) >= 11 is 0.409. The smallest absolute Gasteiger partial charge is 0.386 e. The fourth-order valence-corrected chi connectivity index (χ4v) is 6.89. The van der Waals surface area contributed by atoms with E-state index in [-0.39, 0.29) is 33.4 Å². The molecular weight excluding hydrogens is 559 g/mol. The molecule has 4 N–H and O–H groups in total. The van der Waals surface area contributed by atoms with E-state index in [0.717, 1.165) is 0 Å². The zero-order valence-electron chi connectivity index (χ0n) is 25.0. The minimum atomic E-state index is -4.58. The summed E-state index contributed by atoms with van der Waals surface area (Å²) in [6.45, 7) is 0.203. The Bertz CT molecular complexity index is 1870. The zero-order valence-corrected chi connectivity index (χ0v) is 22.9. The summed E-state index contributed by atoms with van der Waals surface area (Å²) in [4.78, 5) is 37.8. The maximum atomic E-state index is 13.8. The average molecular weight is 591 g/mol. The average Bonchev–Trinajstić information content (AvgIpc) is 3.68. The number of aliphatic hydroxyl groups is 1. The lowest BCUT2D eigenvalue weighted by atomic mass is 9.83. The molecule has 2 aliphatic rings. The van der Waals surface area contributed by atoms with Crippen molar-refractivity contribution in [3.8, 4) is 10.7 Å². The number of amides is 1. The number of halogens is 3. The largest absolute Gasteiger partial charge is 0.427 e. The van der Waals surface area contributed by atoms with Crippen LogP contribution in [0.1, 0.15) is 60.5 Å². The van der Waals surface area contributed by atoms with Crippen LogP contribution in [0.3, 0.4) is 0 Å². The lowest BCUT2D eigenvalue weighted by molar-refractivity contribution is -0.134. The Morgan fingerprint density at radius 3 is 2.44 bits per heavy atom. The fourth-order valence-electron chi connectivity index (χ4n) is 6.15. The van der Waals surface area contributed by atoms with Gasteiger partial charge in [-0.2, -0.15) is 13.2 Å². The van der Waals surface area contributed by atoms with Crippen LogP contribution < -0.4 is 16.7 Å². The number of rotatable bonds is 6. The minimum Gasteiger partial charge on any atom is -0.386 e. The van der Waals surface area contributed by atoms with Crippen molar-refractivity contribution in [1.82, 2.24) is 24.1 Å². The fraction of sp³-hybridized carbons (Fsp3) is 0.444. The molecule has 0 radical (unpaired) electrons. The standard InChI is InChI=1S/C27H28F3N7O3S/c1-24(2,40)14-8-15(21-33-12-18(41-21)27(28,29)30)34-20(9-14)35-19-10-16-17(11-32-19)36(3)23(39)37(16)26-6-4-25(13-26,5-7-26)22(31)38/h8-12,40H,4-7,13H2,1-3H3,(H2,31,38)(H,32,34,35)/i3D3. The van der Waals surface area contributed by atoms with E-state index in [4.69, 9.17) is 9.85 Å². The minimum absolute atomic E-state index is 0.0158. The molecule has 0 aliphatic heterocycles. The summed E-state index contributed by atoms with van der Waals surface area (Å²) in [5.74, 6) is -0.166. The van der Waals surface area contributed by atoms with Gasteiger partial charge >= 0.3 is 11.9 Å². The zero-order chi connectivity index (χ0) is 32.0. The van der Waals surface area contributed by atoms with Gasteiger partial charge in [0, 0.05) is 17.2 Å². The molecule has 0 spiro atoms. The Labute approximate surface area is 240 Å². The summed E-state index contributed by atoms with van der Waals surface area (Å²) in [6, 6.07) is 4.45. The van der Waals surface area contributed by atoms with Gasteiger partial charge < -0.3 is 16.2 Å². The van der Waals surface area contributed by atoms with Gasteiger partial charge in [-0.05, 0) is 63.6 Å². The lowest BCUT2D eigenvalue weighted by Gasteiger charge is -2.28. The van der Waals surface area contributed by atoms with Gasteiger partial charge in [0.2, 0.25) is 5.91 Å². The predicted molar refractivity (Wildman–Crippen MR) is 147 cm³/mol. The number of anilines is 2. The van der Waals surface area contributed by atoms with Crippen molar-refractivity contribution in [2.45, 2.75) is 63.3 Å². The summed E-state index contributed by atoms with van der Waals surface area (Å²) in [5.41, 5.74) is 2.77. The molecule has 2 saturated carbocycles. The molecule has 4 aromatic heterocycles. The van der Waals surface area contributed by atoms with Gasteiger partial charge in [0.1, 0.15) is 27.2 Å². The van der Waals surface area contributed by atoms with E-state index in [0.29, 0.717) is 59.8 Å². The molecule has 41 heavy (non-hydrogen) atoms. The van der Waals surface area contributed by atoms with Gasteiger partial charge in [-0.1, -0.05) is 0 Å². The molecule has 4 heterocycles. The first-order valence-electron chi connectivity index (χ1n) is 14.3. The van der Waals surface area contributed by atoms with Crippen LogP contribution in [-0.4, -0.2) is 35.1 Å². The molecule has 4 aromatic rings. The Morgan fingerprint density at radius 2 is 1.85 bits per heavy atom. The van der Waals surface area contributed by atoms with Crippen LogP contribution in [0.2, 0.25) is 0 Å². The second-order valence-corrected chi connectivity index (χ2v) is 12.4. The van der Waals surface area contributed by atoms with Gasteiger partial charge in [0.15, 0.2) is 0 Å². The van der Waals surface area contributed by atoms with Crippen molar-refractivity contribution in [2.24, 2.45) is 18.1 Å². The number of nitrogens with two attached hydrogens (primary N) is 1. The number of imidazole rings is 1. The topological polar surface area (TPSA) is 141 Å². The maximum absolute atomic E-state index is 13.8. The molecule has 2 fully saturated rings. The van der Waals surface area contributed by atoms with E-state index in [2.05, 4.69) is 20.3 Å². The van der Waals surface area contributed by atoms with E-state index in [9.17, 15) is 27.9 Å². The number of thiazole rings is 1. The second-order valence-electron chi connectivity index (χ2n) is 11.4. The molecule has 1 amide bonds. The Morgan fingerprint density at radius 1 is 1.12 bits per heavy atom. The number of aryl methyl sites for hydroxylation is 1. The van der Waals surface area contributed by atoms with Gasteiger partial charge in [-0.25, -0.2) is 19.7 Å². The highest BCUT2D eigenvalue weighted by molar-refractivity contribution is 7.15. The van der Waals surface area contributed by atoms with E-state index in [1.807, 2.05) is 0 Å². The third-order valence-electron chi connectivity index (χ3n) is 8.32. The van der Waals surface area contributed by atoms with Crippen molar-refractivity contribution in [2.75, 3.05) is 5.32 Å². The van der Waals surface area contributed by atoms with Crippen LogP contribution in [0.5, 0.6) is 0 Å². The first kappa shape index (κ1) is 23.9. The summed E-state index contributed by atoms with van der Waals surface area (Å²) in [5, 5.41) is 13.7. The number of hydrogen-bond acceptors (Lipinski definition) is 8. The molecule has 0 unspecified atom stereocenters. The number of primary amides is 1. The van der Waals surface area contributed by atoms with Gasteiger partial charge in [-0.15, -0.1) is 11.3 Å². The Hall–Kier alpha value is -3.78.